The maximum Gasteiger partial charge on any atom is 0.410 e. The highest BCUT2D eigenvalue weighted by atomic mass is 16.6. The summed E-state index contributed by atoms with van der Waals surface area (Å²) in [5.41, 5.74) is 1.36. The van der Waals surface area contributed by atoms with Crippen LogP contribution in [-0.4, -0.2) is 66.4 Å². The van der Waals surface area contributed by atoms with E-state index in [1.165, 1.54) is 5.56 Å². The first kappa shape index (κ1) is 19.5. The minimum atomic E-state index is -0.266. The van der Waals surface area contributed by atoms with Crippen LogP contribution in [0.15, 0.2) is 43.0 Å². The molecule has 1 N–H and O–H groups in total. The van der Waals surface area contributed by atoms with E-state index in [-0.39, 0.29) is 25.3 Å². The monoisotopic (exact) mass is 346 g/mol. The molecule has 2 rings (SSSR count). The summed E-state index contributed by atoms with van der Waals surface area (Å²) in [6.07, 6.45) is 5.14. The van der Waals surface area contributed by atoms with E-state index in [1.54, 1.807) is 11.0 Å². The summed E-state index contributed by atoms with van der Waals surface area (Å²) in [5, 5.41) is 9.16. The van der Waals surface area contributed by atoms with Crippen LogP contribution < -0.4 is 0 Å². The van der Waals surface area contributed by atoms with E-state index in [1.807, 2.05) is 6.07 Å². The Bertz CT molecular complexity index is 521. The van der Waals surface area contributed by atoms with Crippen LogP contribution in [0.1, 0.15) is 24.8 Å². The van der Waals surface area contributed by atoms with Gasteiger partial charge in [-0.05, 0) is 37.8 Å². The van der Waals surface area contributed by atoms with Crippen molar-refractivity contribution in [3.05, 3.63) is 48.6 Å². The van der Waals surface area contributed by atoms with Gasteiger partial charge in [0.25, 0.3) is 0 Å². The molecule has 1 aromatic carbocycles. The fourth-order valence-corrected chi connectivity index (χ4v) is 3.31. The van der Waals surface area contributed by atoms with E-state index in [9.17, 15) is 4.79 Å². The molecule has 1 amide bonds. The van der Waals surface area contributed by atoms with Crippen LogP contribution in [0.25, 0.3) is 0 Å². The molecule has 1 unspecified atom stereocenters. The number of piperazine rings is 1. The molecule has 1 heterocycles. The van der Waals surface area contributed by atoms with E-state index in [2.05, 4.69) is 35.7 Å². The van der Waals surface area contributed by atoms with Crippen LogP contribution in [0, 0.1) is 0 Å². The molecule has 1 aromatic rings. The Morgan fingerprint density at radius 1 is 1.28 bits per heavy atom. The summed E-state index contributed by atoms with van der Waals surface area (Å²) < 4.78 is 5.16. The number of hydrogen-bond donors (Lipinski definition) is 1. The van der Waals surface area contributed by atoms with Gasteiger partial charge >= 0.3 is 6.09 Å². The molecule has 25 heavy (non-hydrogen) atoms. The van der Waals surface area contributed by atoms with Crippen LogP contribution in [0.2, 0.25) is 0 Å². The normalized spacial score (nSPS) is 18.1. The molecule has 1 aliphatic heterocycles. The van der Waals surface area contributed by atoms with Crippen molar-refractivity contribution in [3.8, 4) is 0 Å². The zero-order valence-corrected chi connectivity index (χ0v) is 15.0. The van der Waals surface area contributed by atoms with Gasteiger partial charge in [-0.3, -0.25) is 4.90 Å². The first-order valence-electron chi connectivity index (χ1n) is 9.16. The number of aliphatic hydroxyl groups excluding tert-OH is 1. The number of amides is 1. The second-order valence-electron chi connectivity index (χ2n) is 6.46. The van der Waals surface area contributed by atoms with Crippen LogP contribution in [0.5, 0.6) is 0 Å². The summed E-state index contributed by atoms with van der Waals surface area (Å²) in [6.45, 7) is 7.24. The molecule has 1 saturated heterocycles. The molecule has 0 saturated carbocycles. The number of carbonyl (C=O) groups excluding carboxylic acids is 1. The lowest BCUT2D eigenvalue weighted by molar-refractivity contribution is 0.0492. The first-order valence-corrected chi connectivity index (χ1v) is 9.16. The average Bonchev–Trinajstić information content (AvgIpc) is 2.66. The van der Waals surface area contributed by atoms with Crippen molar-refractivity contribution in [3.63, 3.8) is 0 Å². The number of nitrogens with zero attached hydrogens (tertiary/aromatic N) is 2. The molecule has 1 atom stereocenters. The van der Waals surface area contributed by atoms with Gasteiger partial charge in [-0.25, -0.2) is 4.79 Å². The van der Waals surface area contributed by atoms with E-state index in [4.69, 9.17) is 9.84 Å². The third kappa shape index (κ3) is 6.52. The van der Waals surface area contributed by atoms with Crippen LogP contribution in [-0.2, 0) is 11.2 Å². The van der Waals surface area contributed by atoms with Gasteiger partial charge in [-0.2, -0.15) is 0 Å². The third-order valence-electron chi connectivity index (χ3n) is 4.64. The van der Waals surface area contributed by atoms with Crippen LogP contribution in [0.4, 0.5) is 4.79 Å². The first-order chi connectivity index (χ1) is 12.2. The second-order valence-corrected chi connectivity index (χ2v) is 6.46. The summed E-state index contributed by atoms with van der Waals surface area (Å²) in [7, 11) is 0. The standard InChI is InChI=1S/C20H30N2O3/c1-2-16-25-20(24)22-14-13-21(19(17-22)11-7-15-23)12-6-10-18-8-4-3-5-9-18/h2-5,8-9,19,23H,1,6-7,10-17H2. The van der Waals surface area contributed by atoms with Crippen molar-refractivity contribution >= 4 is 6.09 Å². The van der Waals surface area contributed by atoms with E-state index in [0.29, 0.717) is 13.1 Å². The van der Waals surface area contributed by atoms with Gasteiger partial charge in [0.15, 0.2) is 0 Å². The molecule has 1 fully saturated rings. The van der Waals surface area contributed by atoms with E-state index >= 15 is 0 Å². The van der Waals surface area contributed by atoms with Gasteiger partial charge in [0.1, 0.15) is 6.61 Å². The highest BCUT2D eigenvalue weighted by molar-refractivity contribution is 5.67. The topological polar surface area (TPSA) is 53.0 Å². The zero-order chi connectivity index (χ0) is 17.9. The number of ether oxygens (including phenoxy) is 1. The van der Waals surface area contributed by atoms with Gasteiger partial charge in [0, 0.05) is 32.3 Å². The van der Waals surface area contributed by atoms with E-state index in [0.717, 1.165) is 38.8 Å². The molecule has 0 aromatic heterocycles. The van der Waals surface area contributed by atoms with Gasteiger partial charge in [0.2, 0.25) is 0 Å². The van der Waals surface area contributed by atoms with Crippen molar-refractivity contribution in [2.45, 2.75) is 31.7 Å². The Morgan fingerprint density at radius 3 is 2.80 bits per heavy atom. The molecule has 1 aliphatic rings. The van der Waals surface area contributed by atoms with Crippen LogP contribution >= 0.6 is 0 Å². The Balaban J connectivity index is 1.84. The van der Waals surface area contributed by atoms with Gasteiger partial charge in [-0.15, -0.1) is 0 Å². The zero-order valence-electron chi connectivity index (χ0n) is 15.0. The quantitative estimate of drug-likeness (QED) is 0.699. The second kappa shape index (κ2) is 10.9. The van der Waals surface area contributed by atoms with Crippen molar-refractivity contribution < 1.29 is 14.6 Å². The lowest BCUT2D eigenvalue weighted by Crippen LogP contribution is -2.55. The van der Waals surface area contributed by atoms with Gasteiger partial charge in [-0.1, -0.05) is 43.0 Å². The van der Waals surface area contributed by atoms with Crippen molar-refractivity contribution in [1.82, 2.24) is 9.80 Å². The summed E-state index contributed by atoms with van der Waals surface area (Å²) >= 11 is 0. The molecule has 138 valence electrons. The van der Waals surface area contributed by atoms with Crippen molar-refractivity contribution in [2.75, 3.05) is 39.4 Å². The predicted molar refractivity (Wildman–Crippen MR) is 99.6 cm³/mol. The number of benzene rings is 1. The number of aliphatic hydroxyl groups is 1. The Kier molecular flexibility index (Phi) is 8.49. The molecule has 5 heteroatoms. The number of hydrogen-bond acceptors (Lipinski definition) is 4. The number of carbonyl (C=O) groups is 1. The Hall–Kier alpha value is -1.85. The fourth-order valence-electron chi connectivity index (χ4n) is 3.31. The van der Waals surface area contributed by atoms with E-state index < -0.39 is 0 Å². The minimum Gasteiger partial charge on any atom is -0.445 e. The molecule has 5 nitrogen and oxygen atoms in total. The summed E-state index contributed by atoms with van der Waals surface area (Å²) in [4.78, 5) is 16.3. The van der Waals surface area contributed by atoms with Crippen molar-refractivity contribution in [2.24, 2.45) is 0 Å². The number of rotatable bonds is 9. The predicted octanol–water partition coefficient (Wildman–Crippen LogP) is 2.70. The lowest BCUT2D eigenvalue weighted by Gasteiger charge is -2.41. The molecule has 0 bridgehead atoms. The molecular formula is C20H30N2O3. The lowest BCUT2D eigenvalue weighted by atomic mass is 10.0. The molecule has 0 spiro atoms. The third-order valence-corrected chi connectivity index (χ3v) is 4.64. The summed E-state index contributed by atoms with van der Waals surface area (Å²) in [6, 6.07) is 10.8. The molecule has 0 aliphatic carbocycles. The van der Waals surface area contributed by atoms with Crippen molar-refractivity contribution in [1.29, 1.82) is 0 Å². The average molecular weight is 346 g/mol. The fraction of sp³-hybridized carbons (Fsp3) is 0.550. The largest absolute Gasteiger partial charge is 0.445 e. The number of aryl methyl sites for hydroxylation is 1. The smallest absolute Gasteiger partial charge is 0.410 e. The Morgan fingerprint density at radius 2 is 2.08 bits per heavy atom. The SMILES string of the molecule is C=CCOC(=O)N1CCN(CCCc2ccccc2)C(CCCO)C1. The molecule has 0 radical (unpaired) electrons. The van der Waals surface area contributed by atoms with Gasteiger partial charge < -0.3 is 14.7 Å². The van der Waals surface area contributed by atoms with Crippen LogP contribution in [0.3, 0.4) is 0 Å². The minimum absolute atomic E-state index is 0.190. The Labute approximate surface area is 150 Å². The maximum absolute atomic E-state index is 12.1. The maximum atomic E-state index is 12.1. The highest BCUT2D eigenvalue weighted by Crippen LogP contribution is 2.17. The summed E-state index contributed by atoms with van der Waals surface area (Å²) in [5.74, 6) is 0. The highest BCUT2D eigenvalue weighted by Gasteiger charge is 2.29. The van der Waals surface area contributed by atoms with Gasteiger partial charge in [0.05, 0.1) is 0 Å². The molecular weight excluding hydrogens is 316 g/mol.